The van der Waals surface area contributed by atoms with Crippen LogP contribution in [0, 0.1) is 18.6 Å². The molecule has 29 heavy (non-hydrogen) atoms. The molecule has 2 N–H and O–H groups in total. The van der Waals surface area contributed by atoms with Gasteiger partial charge in [-0.3, -0.25) is 4.79 Å². The molecule has 10 heteroatoms. The first-order chi connectivity index (χ1) is 13.7. The number of ether oxygens (including phenoxy) is 2. The molecule has 0 saturated carbocycles. The molecule has 0 bridgehead atoms. The molecule has 1 aliphatic rings. The summed E-state index contributed by atoms with van der Waals surface area (Å²) >= 11 is 0. The van der Waals surface area contributed by atoms with E-state index in [1.807, 2.05) is 0 Å². The molecule has 1 heterocycles. The first-order valence-electron chi connectivity index (χ1n) is 8.76. The van der Waals surface area contributed by atoms with Gasteiger partial charge in [0.15, 0.2) is 0 Å². The summed E-state index contributed by atoms with van der Waals surface area (Å²) in [6.07, 6.45) is 0.467. The predicted molar refractivity (Wildman–Crippen MR) is 102 cm³/mol. The fourth-order valence-electron chi connectivity index (χ4n) is 2.92. The lowest BCUT2D eigenvalue weighted by molar-refractivity contribution is 0.102. The van der Waals surface area contributed by atoms with E-state index >= 15 is 0 Å². The molecule has 3 rings (SSSR count). The number of aryl methyl sites for hydroxylation is 1. The molecule has 1 amide bonds. The number of methoxy groups -OCH3 is 1. The summed E-state index contributed by atoms with van der Waals surface area (Å²) in [6.45, 7) is 2.13. The molecular formula is C19H20F2N2O5S. The average molecular weight is 426 g/mol. The number of sulfonamides is 1. The fourth-order valence-corrected chi connectivity index (χ4v) is 4.26. The Labute approximate surface area is 167 Å². The maximum Gasteiger partial charge on any atom is 0.259 e. The zero-order valence-corrected chi connectivity index (χ0v) is 16.6. The number of nitrogens with one attached hydrogen (secondary N) is 2. The lowest BCUT2D eigenvalue weighted by Gasteiger charge is -2.15. The Morgan fingerprint density at radius 3 is 2.59 bits per heavy atom. The van der Waals surface area contributed by atoms with Crippen LogP contribution in [-0.4, -0.2) is 40.7 Å². The molecular weight excluding hydrogens is 406 g/mol. The van der Waals surface area contributed by atoms with Gasteiger partial charge in [-0.15, -0.1) is 0 Å². The third kappa shape index (κ3) is 4.72. The zero-order valence-electron chi connectivity index (χ0n) is 15.8. The van der Waals surface area contributed by atoms with E-state index in [9.17, 15) is 22.0 Å². The van der Waals surface area contributed by atoms with Crippen LogP contribution >= 0.6 is 0 Å². The maximum absolute atomic E-state index is 14.5. The van der Waals surface area contributed by atoms with E-state index in [1.54, 1.807) is 0 Å². The average Bonchev–Trinajstić information content (AvgIpc) is 3.16. The third-order valence-corrected chi connectivity index (χ3v) is 5.99. The summed E-state index contributed by atoms with van der Waals surface area (Å²) in [5.41, 5.74) is 0.435. The van der Waals surface area contributed by atoms with E-state index in [2.05, 4.69) is 10.0 Å². The van der Waals surface area contributed by atoms with Crippen molar-refractivity contribution in [2.75, 3.05) is 25.6 Å². The summed E-state index contributed by atoms with van der Waals surface area (Å²) < 4.78 is 65.6. The molecule has 1 atom stereocenters. The van der Waals surface area contributed by atoms with E-state index in [0.29, 0.717) is 24.3 Å². The number of halogens is 2. The van der Waals surface area contributed by atoms with E-state index in [1.165, 1.54) is 32.2 Å². The van der Waals surface area contributed by atoms with Gasteiger partial charge in [-0.1, -0.05) is 0 Å². The Bertz CT molecular complexity index is 1040. The number of benzene rings is 2. The van der Waals surface area contributed by atoms with Gasteiger partial charge >= 0.3 is 0 Å². The Balaban J connectivity index is 1.93. The van der Waals surface area contributed by atoms with Crippen LogP contribution in [0.25, 0.3) is 0 Å². The second-order valence-corrected chi connectivity index (χ2v) is 8.27. The van der Waals surface area contributed by atoms with Gasteiger partial charge in [0.25, 0.3) is 5.91 Å². The summed E-state index contributed by atoms with van der Waals surface area (Å²) in [5.74, 6) is -2.35. The molecule has 1 saturated heterocycles. The quantitative estimate of drug-likeness (QED) is 0.741. The van der Waals surface area contributed by atoms with Gasteiger partial charge in [0.2, 0.25) is 10.0 Å². The number of amides is 1. The zero-order chi connectivity index (χ0) is 21.2. The van der Waals surface area contributed by atoms with Crippen LogP contribution < -0.4 is 14.8 Å². The molecule has 1 unspecified atom stereocenters. The summed E-state index contributed by atoms with van der Waals surface area (Å²) in [5, 5.41) is 2.53. The van der Waals surface area contributed by atoms with Crippen molar-refractivity contribution < 1.29 is 31.5 Å². The SMILES string of the molecule is COc1cc(F)c(S(=O)(=O)NC2CCOC2)cc1C(=O)Nc1ccc(F)c(C)c1. The van der Waals surface area contributed by atoms with Crippen LogP contribution in [0.3, 0.4) is 0 Å². The first-order valence-corrected chi connectivity index (χ1v) is 10.2. The lowest BCUT2D eigenvalue weighted by Crippen LogP contribution is -2.35. The number of hydrogen-bond donors (Lipinski definition) is 2. The van der Waals surface area contributed by atoms with Crippen molar-refractivity contribution in [2.45, 2.75) is 24.3 Å². The highest BCUT2D eigenvalue weighted by molar-refractivity contribution is 7.89. The van der Waals surface area contributed by atoms with Gasteiger partial charge in [-0.2, -0.15) is 0 Å². The maximum atomic E-state index is 14.5. The lowest BCUT2D eigenvalue weighted by atomic mass is 10.1. The molecule has 1 aliphatic heterocycles. The van der Waals surface area contributed by atoms with Crippen molar-refractivity contribution in [2.24, 2.45) is 0 Å². The minimum absolute atomic E-state index is 0.137. The number of rotatable bonds is 6. The molecule has 1 fully saturated rings. The van der Waals surface area contributed by atoms with Crippen molar-refractivity contribution >= 4 is 21.6 Å². The van der Waals surface area contributed by atoms with Crippen molar-refractivity contribution in [1.29, 1.82) is 0 Å². The Morgan fingerprint density at radius 1 is 1.21 bits per heavy atom. The fraction of sp³-hybridized carbons (Fsp3) is 0.316. The van der Waals surface area contributed by atoms with Crippen molar-refractivity contribution in [1.82, 2.24) is 4.72 Å². The molecule has 2 aromatic carbocycles. The van der Waals surface area contributed by atoms with Crippen LogP contribution in [0.5, 0.6) is 5.75 Å². The first kappa shape index (κ1) is 21.2. The minimum Gasteiger partial charge on any atom is -0.496 e. The topological polar surface area (TPSA) is 93.7 Å². The highest BCUT2D eigenvalue weighted by Gasteiger charge is 2.28. The monoisotopic (exact) mass is 426 g/mol. The Kier molecular flexibility index (Phi) is 6.15. The largest absolute Gasteiger partial charge is 0.496 e. The summed E-state index contributed by atoms with van der Waals surface area (Å²) in [4.78, 5) is 12.0. The second kappa shape index (κ2) is 8.44. The highest BCUT2D eigenvalue weighted by Crippen LogP contribution is 2.27. The van der Waals surface area contributed by atoms with Crippen molar-refractivity contribution in [3.63, 3.8) is 0 Å². The summed E-state index contributed by atoms with van der Waals surface area (Å²) in [6, 6.07) is 5.25. The Hall–Kier alpha value is -2.56. The van der Waals surface area contributed by atoms with E-state index in [0.717, 1.165) is 12.1 Å². The van der Waals surface area contributed by atoms with Gasteiger partial charge in [0.05, 0.1) is 19.3 Å². The molecule has 0 radical (unpaired) electrons. The molecule has 156 valence electrons. The normalized spacial score (nSPS) is 16.6. The van der Waals surface area contributed by atoms with Crippen molar-refractivity contribution in [3.8, 4) is 5.75 Å². The van der Waals surface area contributed by atoms with Gasteiger partial charge in [0, 0.05) is 24.4 Å². The van der Waals surface area contributed by atoms with Crippen LogP contribution in [-0.2, 0) is 14.8 Å². The highest BCUT2D eigenvalue weighted by atomic mass is 32.2. The molecule has 0 spiro atoms. The van der Waals surface area contributed by atoms with Crippen LogP contribution in [0.4, 0.5) is 14.5 Å². The van der Waals surface area contributed by atoms with E-state index < -0.39 is 38.5 Å². The van der Waals surface area contributed by atoms with E-state index in [4.69, 9.17) is 9.47 Å². The second-order valence-electron chi connectivity index (χ2n) is 6.58. The number of hydrogen-bond acceptors (Lipinski definition) is 5. The molecule has 0 aromatic heterocycles. The van der Waals surface area contributed by atoms with Gasteiger partial charge in [-0.05, 0) is 43.2 Å². The van der Waals surface area contributed by atoms with Crippen LogP contribution in [0.1, 0.15) is 22.3 Å². The van der Waals surface area contributed by atoms with E-state index in [-0.39, 0.29) is 17.9 Å². The van der Waals surface area contributed by atoms with Gasteiger partial charge in [-0.25, -0.2) is 21.9 Å². The summed E-state index contributed by atoms with van der Waals surface area (Å²) in [7, 11) is -3.00. The van der Waals surface area contributed by atoms with Crippen molar-refractivity contribution in [3.05, 3.63) is 53.1 Å². The number of carbonyl (C=O) groups excluding carboxylic acids is 1. The number of carbonyl (C=O) groups is 1. The molecule has 0 aliphatic carbocycles. The molecule has 7 nitrogen and oxygen atoms in total. The Morgan fingerprint density at radius 2 is 1.97 bits per heavy atom. The molecule has 2 aromatic rings. The minimum atomic E-state index is -4.23. The predicted octanol–water partition coefficient (Wildman–Crippen LogP) is 2.60. The van der Waals surface area contributed by atoms with Crippen LogP contribution in [0.2, 0.25) is 0 Å². The smallest absolute Gasteiger partial charge is 0.259 e. The third-order valence-electron chi connectivity index (χ3n) is 4.46. The standard InChI is InChI=1S/C19H20F2N2O5S/c1-11-7-12(3-4-15(11)20)22-19(24)14-8-18(16(21)9-17(14)27-2)29(25,26)23-13-5-6-28-10-13/h3-4,7-9,13,23H,5-6,10H2,1-2H3,(H,22,24). The van der Waals surface area contributed by atoms with Gasteiger partial charge in [0.1, 0.15) is 22.3 Å². The van der Waals surface area contributed by atoms with Gasteiger partial charge < -0.3 is 14.8 Å². The number of anilines is 1. The van der Waals surface area contributed by atoms with Crippen LogP contribution in [0.15, 0.2) is 35.2 Å².